The van der Waals surface area contributed by atoms with E-state index in [-0.39, 0.29) is 23.6 Å². The van der Waals surface area contributed by atoms with E-state index in [0.717, 1.165) is 5.56 Å². The molecule has 0 aliphatic carbocycles. The lowest BCUT2D eigenvalue weighted by molar-refractivity contribution is 0.0941. The van der Waals surface area contributed by atoms with Gasteiger partial charge in [0.15, 0.2) is 5.65 Å². The van der Waals surface area contributed by atoms with Gasteiger partial charge in [-0.05, 0) is 59.9 Å². The number of aromatic nitrogens is 3. The number of aliphatic hydroxyl groups excluding tert-OH is 1. The van der Waals surface area contributed by atoms with E-state index in [1.54, 1.807) is 31.3 Å². The highest BCUT2D eigenvalue weighted by Gasteiger charge is 2.16. The predicted molar refractivity (Wildman–Crippen MR) is 116 cm³/mol. The fourth-order valence-electron chi connectivity index (χ4n) is 3.42. The number of nitrogens with two attached hydrogens (primary N) is 1. The smallest absolute Gasteiger partial charge is 0.251 e. The second-order valence-electron chi connectivity index (χ2n) is 7.29. The molecule has 1 unspecified atom stereocenters. The number of benzene rings is 2. The van der Waals surface area contributed by atoms with Crippen LogP contribution in [-0.4, -0.2) is 32.2 Å². The number of carbonyl (C=O) groups is 1. The van der Waals surface area contributed by atoms with E-state index in [0.29, 0.717) is 23.2 Å². The first-order valence-corrected chi connectivity index (χ1v) is 9.86. The highest BCUT2D eigenvalue weighted by atomic mass is 19.1. The van der Waals surface area contributed by atoms with Gasteiger partial charge in [-0.15, -0.1) is 5.10 Å². The van der Waals surface area contributed by atoms with E-state index in [9.17, 15) is 14.3 Å². The summed E-state index contributed by atoms with van der Waals surface area (Å²) in [6, 6.07) is 15.7. The molecule has 8 heteroatoms. The fourth-order valence-corrected chi connectivity index (χ4v) is 3.42. The molecular weight excluding hydrogens is 397 g/mol. The van der Waals surface area contributed by atoms with Crippen LogP contribution in [0.4, 0.5) is 10.3 Å². The number of amides is 1. The summed E-state index contributed by atoms with van der Waals surface area (Å²) in [4.78, 5) is 16.8. The Bertz CT molecular complexity index is 1240. The molecule has 4 N–H and O–H groups in total. The standard InChI is InChI=1S/C23H22FN5O2/c1-14-18(22(31)26-9-7-20(30)15-5-3-2-4-6-15)11-17(12-19(14)24)16-8-10-29-21(13-16)27-23(25)28-29/h2-6,8,10-13,20,30H,7,9H2,1H3,(H2,25,28)(H,26,31). The molecule has 0 saturated heterocycles. The third kappa shape index (κ3) is 4.39. The first-order chi connectivity index (χ1) is 14.9. The van der Waals surface area contributed by atoms with Crippen LogP contribution in [0.15, 0.2) is 60.8 Å². The molecule has 31 heavy (non-hydrogen) atoms. The maximum Gasteiger partial charge on any atom is 0.251 e. The van der Waals surface area contributed by atoms with E-state index in [1.165, 1.54) is 10.6 Å². The number of anilines is 1. The van der Waals surface area contributed by atoms with E-state index in [1.807, 2.05) is 30.3 Å². The first-order valence-electron chi connectivity index (χ1n) is 9.86. The molecule has 0 radical (unpaired) electrons. The van der Waals surface area contributed by atoms with Crippen molar-refractivity contribution >= 4 is 17.5 Å². The summed E-state index contributed by atoms with van der Waals surface area (Å²) in [6.07, 6.45) is 1.34. The topological polar surface area (TPSA) is 106 Å². The lowest BCUT2D eigenvalue weighted by Crippen LogP contribution is -2.26. The Balaban J connectivity index is 1.52. The Kier molecular flexibility index (Phi) is 5.64. The van der Waals surface area contributed by atoms with Crippen LogP contribution < -0.4 is 11.1 Å². The summed E-state index contributed by atoms with van der Waals surface area (Å²) in [5, 5.41) is 17.0. The van der Waals surface area contributed by atoms with Crippen LogP contribution in [0.2, 0.25) is 0 Å². The van der Waals surface area contributed by atoms with Crippen LogP contribution >= 0.6 is 0 Å². The molecule has 0 spiro atoms. The first kappa shape index (κ1) is 20.5. The van der Waals surface area contributed by atoms with Crippen LogP contribution in [0.1, 0.15) is 34.0 Å². The Morgan fingerprint density at radius 1 is 1.19 bits per heavy atom. The summed E-state index contributed by atoms with van der Waals surface area (Å²) in [5.41, 5.74) is 8.66. The number of halogens is 1. The summed E-state index contributed by atoms with van der Waals surface area (Å²) < 4.78 is 16.1. The highest BCUT2D eigenvalue weighted by molar-refractivity contribution is 5.97. The molecular formula is C23H22FN5O2. The number of nitrogen functional groups attached to an aromatic ring is 1. The minimum atomic E-state index is -0.687. The van der Waals surface area contributed by atoms with E-state index in [4.69, 9.17) is 5.73 Å². The van der Waals surface area contributed by atoms with Gasteiger partial charge >= 0.3 is 0 Å². The average Bonchev–Trinajstić information content (AvgIpc) is 3.15. The van der Waals surface area contributed by atoms with Crippen LogP contribution in [0, 0.1) is 12.7 Å². The van der Waals surface area contributed by atoms with Gasteiger partial charge < -0.3 is 16.2 Å². The SMILES string of the molecule is Cc1c(F)cc(-c2ccn3nc(N)nc3c2)cc1C(=O)NCCC(O)c1ccccc1. The quantitative estimate of drug-likeness (QED) is 0.445. The zero-order valence-corrected chi connectivity index (χ0v) is 16.9. The largest absolute Gasteiger partial charge is 0.388 e. The Hall–Kier alpha value is -3.78. The maximum atomic E-state index is 14.6. The van der Waals surface area contributed by atoms with Gasteiger partial charge in [0.25, 0.3) is 5.91 Å². The predicted octanol–water partition coefficient (Wildman–Crippen LogP) is 3.28. The molecule has 4 aromatic rings. The fraction of sp³-hybridized carbons (Fsp3) is 0.174. The third-order valence-electron chi connectivity index (χ3n) is 5.16. The molecule has 0 saturated carbocycles. The van der Waals surface area contributed by atoms with Gasteiger partial charge in [-0.1, -0.05) is 30.3 Å². The Morgan fingerprint density at radius 3 is 2.74 bits per heavy atom. The van der Waals surface area contributed by atoms with E-state index < -0.39 is 17.8 Å². The number of carbonyl (C=O) groups excluding carboxylic acids is 1. The van der Waals surface area contributed by atoms with Crippen LogP contribution in [0.5, 0.6) is 0 Å². The summed E-state index contributed by atoms with van der Waals surface area (Å²) in [6.45, 7) is 1.82. The van der Waals surface area contributed by atoms with Crippen LogP contribution in [0.25, 0.3) is 16.8 Å². The van der Waals surface area contributed by atoms with Crippen molar-refractivity contribution in [2.75, 3.05) is 12.3 Å². The summed E-state index contributed by atoms with van der Waals surface area (Å²) >= 11 is 0. The number of hydrogen-bond donors (Lipinski definition) is 3. The van der Waals surface area contributed by atoms with Gasteiger partial charge in [0.05, 0.1) is 6.10 Å². The van der Waals surface area contributed by atoms with Gasteiger partial charge in [-0.2, -0.15) is 4.98 Å². The summed E-state index contributed by atoms with van der Waals surface area (Å²) in [7, 11) is 0. The van der Waals surface area contributed by atoms with Crippen molar-refractivity contribution in [3.05, 3.63) is 83.3 Å². The van der Waals surface area contributed by atoms with Crippen molar-refractivity contribution in [1.29, 1.82) is 0 Å². The molecule has 0 aliphatic rings. The van der Waals surface area contributed by atoms with Gasteiger partial charge in [0.1, 0.15) is 5.82 Å². The molecule has 158 valence electrons. The number of aliphatic hydroxyl groups is 1. The minimum absolute atomic E-state index is 0.144. The molecule has 2 aromatic carbocycles. The molecule has 1 atom stereocenters. The van der Waals surface area contributed by atoms with Crippen LogP contribution in [0.3, 0.4) is 0 Å². The van der Waals surface area contributed by atoms with Gasteiger partial charge in [0, 0.05) is 18.3 Å². The monoisotopic (exact) mass is 419 g/mol. The molecule has 0 bridgehead atoms. The molecule has 0 fully saturated rings. The van der Waals surface area contributed by atoms with Gasteiger partial charge in [0.2, 0.25) is 5.95 Å². The number of pyridine rings is 1. The Labute approximate surface area is 178 Å². The van der Waals surface area contributed by atoms with Crippen molar-refractivity contribution < 1.29 is 14.3 Å². The van der Waals surface area contributed by atoms with Crippen LogP contribution in [-0.2, 0) is 0 Å². The zero-order chi connectivity index (χ0) is 22.0. The maximum absolute atomic E-state index is 14.6. The van der Waals surface area contributed by atoms with Gasteiger partial charge in [-0.3, -0.25) is 4.79 Å². The van der Waals surface area contributed by atoms with Crippen molar-refractivity contribution in [3.63, 3.8) is 0 Å². The van der Waals surface area contributed by atoms with Crippen molar-refractivity contribution in [2.45, 2.75) is 19.4 Å². The number of nitrogens with one attached hydrogen (secondary N) is 1. The molecule has 0 aliphatic heterocycles. The molecule has 7 nitrogen and oxygen atoms in total. The number of rotatable bonds is 6. The van der Waals surface area contributed by atoms with Gasteiger partial charge in [-0.25, -0.2) is 8.91 Å². The molecule has 2 heterocycles. The zero-order valence-electron chi connectivity index (χ0n) is 16.9. The number of nitrogens with zero attached hydrogens (tertiary/aromatic N) is 3. The molecule has 4 rings (SSSR count). The second kappa shape index (κ2) is 8.53. The highest BCUT2D eigenvalue weighted by Crippen LogP contribution is 2.26. The second-order valence-corrected chi connectivity index (χ2v) is 7.29. The number of hydrogen-bond acceptors (Lipinski definition) is 5. The Morgan fingerprint density at radius 2 is 1.97 bits per heavy atom. The van der Waals surface area contributed by atoms with Crippen molar-refractivity contribution in [1.82, 2.24) is 19.9 Å². The normalized spacial score (nSPS) is 12.1. The summed E-state index contributed by atoms with van der Waals surface area (Å²) in [5.74, 6) is -0.732. The van der Waals surface area contributed by atoms with E-state index >= 15 is 0 Å². The van der Waals surface area contributed by atoms with Crippen molar-refractivity contribution in [3.8, 4) is 11.1 Å². The molecule has 1 amide bonds. The average molecular weight is 419 g/mol. The lowest BCUT2D eigenvalue weighted by atomic mass is 9.99. The lowest BCUT2D eigenvalue weighted by Gasteiger charge is -2.14. The number of fused-ring (bicyclic) bond motifs is 1. The third-order valence-corrected chi connectivity index (χ3v) is 5.16. The molecule has 2 aromatic heterocycles. The van der Waals surface area contributed by atoms with Crippen molar-refractivity contribution in [2.24, 2.45) is 0 Å². The minimum Gasteiger partial charge on any atom is -0.388 e. The van der Waals surface area contributed by atoms with E-state index in [2.05, 4.69) is 15.4 Å².